The van der Waals surface area contributed by atoms with Crippen LogP contribution in [-0.2, 0) is 11.2 Å². The second kappa shape index (κ2) is 7.65. The highest BCUT2D eigenvalue weighted by molar-refractivity contribution is 9.10. The van der Waals surface area contributed by atoms with Gasteiger partial charge in [-0.3, -0.25) is 4.79 Å². The van der Waals surface area contributed by atoms with Gasteiger partial charge in [0.05, 0.1) is 11.6 Å². The fraction of sp³-hybridized carbons (Fsp3) is 0.250. The van der Waals surface area contributed by atoms with E-state index in [0.29, 0.717) is 6.42 Å². The molecule has 0 heterocycles. The molecule has 0 aromatic heterocycles. The first-order valence-corrected chi connectivity index (χ1v) is 7.04. The van der Waals surface area contributed by atoms with Gasteiger partial charge in [-0.25, -0.2) is 0 Å². The second-order valence-electron chi connectivity index (χ2n) is 4.56. The van der Waals surface area contributed by atoms with E-state index >= 15 is 0 Å². The van der Waals surface area contributed by atoms with Gasteiger partial charge in [-0.15, -0.1) is 6.58 Å². The number of hydrogen-bond acceptors (Lipinski definition) is 3. The minimum atomic E-state index is -0.324. The first-order chi connectivity index (χ1) is 9.94. The number of nitrogens with zero attached hydrogens (tertiary/aromatic N) is 2. The largest absolute Gasteiger partial charge is 0.495 e. The highest BCUT2D eigenvalue weighted by atomic mass is 79.9. The van der Waals surface area contributed by atoms with Crippen LogP contribution in [0.15, 0.2) is 34.8 Å². The highest BCUT2D eigenvalue weighted by Crippen LogP contribution is 2.32. The molecule has 1 rings (SSSR count). The number of allylic oxidation sites excluding steroid dienone is 1. The number of methoxy groups -OCH3 is 1. The monoisotopic (exact) mass is 348 g/mol. The molecule has 110 valence electrons. The van der Waals surface area contributed by atoms with Crippen molar-refractivity contribution in [1.29, 1.82) is 5.26 Å². The fourth-order valence-electron chi connectivity index (χ4n) is 1.84. The van der Waals surface area contributed by atoms with E-state index in [1.807, 2.05) is 18.2 Å². The molecular weight excluding hydrogens is 332 g/mol. The molecule has 4 nitrogen and oxygen atoms in total. The van der Waals surface area contributed by atoms with Crippen LogP contribution in [0.3, 0.4) is 0 Å². The van der Waals surface area contributed by atoms with Crippen LogP contribution in [0.2, 0.25) is 0 Å². The van der Waals surface area contributed by atoms with E-state index in [1.54, 1.807) is 33.4 Å². The Kier molecular flexibility index (Phi) is 6.19. The topological polar surface area (TPSA) is 53.3 Å². The number of likely N-dealkylation sites (N-methyl/N-ethyl adjacent to an activating group) is 1. The lowest BCUT2D eigenvalue weighted by Crippen LogP contribution is -2.22. The maximum atomic E-state index is 11.9. The van der Waals surface area contributed by atoms with Crippen molar-refractivity contribution >= 4 is 27.9 Å². The zero-order chi connectivity index (χ0) is 16.0. The molecular formula is C16H17BrN2O2. The number of carbonyl (C=O) groups is 1. The Balaban J connectivity index is 3.34. The number of halogens is 1. The van der Waals surface area contributed by atoms with E-state index in [0.717, 1.165) is 21.3 Å². The number of hydrogen-bond donors (Lipinski definition) is 0. The summed E-state index contributed by atoms with van der Waals surface area (Å²) >= 11 is 3.44. The van der Waals surface area contributed by atoms with Crippen LogP contribution in [-0.4, -0.2) is 32.0 Å². The highest BCUT2D eigenvalue weighted by Gasteiger charge is 2.13. The summed E-state index contributed by atoms with van der Waals surface area (Å²) in [6.45, 7) is 3.72. The van der Waals surface area contributed by atoms with Gasteiger partial charge in [0.2, 0.25) is 0 Å². The zero-order valence-electron chi connectivity index (χ0n) is 12.3. The standard InChI is InChI=1S/C16H17BrN2O2/c1-5-6-12-7-11(9-14(17)15(12)21-4)8-13(10-18)16(20)19(2)3/h5,7-9H,1,6H2,2-4H3/b13-8-. The average molecular weight is 349 g/mol. The summed E-state index contributed by atoms with van der Waals surface area (Å²) in [6, 6.07) is 5.63. The van der Waals surface area contributed by atoms with Crippen LogP contribution < -0.4 is 4.74 Å². The van der Waals surface area contributed by atoms with Crippen molar-refractivity contribution in [2.75, 3.05) is 21.2 Å². The van der Waals surface area contributed by atoms with Crippen LogP contribution in [0.4, 0.5) is 0 Å². The van der Waals surface area contributed by atoms with E-state index in [9.17, 15) is 4.79 Å². The number of ether oxygens (including phenoxy) is 1. The number of benzene rings is 1. The van der Waals surface area contributed by atoms with E-state index in [1.165, 1.54) is 4.90 Å². The molecule has 0 aliphatic heterocycles. The van der Waals surface area contributed by atoms with Gasteiger partial charge in [-0.2, -0.15) is 5.26 Å². The molecule has 0 saturated heterocycles. The summed E-state index contributed by atoms with van der Waals surface area (Å²) in [4.78, 5) is 13.3. The molecule has 1 aromatic carbocycles. The molecule has 0 fully saturated rings. The molecule has 21 heavy (non-hydrogen) atoms. The van der Waals surface area contributed by atoms with Crippen LogP contribution >= 0.6 is 15.9 Å². The van der Waals surface area contributed by atoms with Crippen molar-refractivity contribution in [3.05, 3.63) is 46.0 Å². The van der Waals surface area contributed by atoms with E-state index in [2.05, 4.69) is 22.5 Å². The van der Waals surface area contributed by atoms with Crippen LogP contribution in [0.5, 0.6) is 5.75 Å². The molecule has 0 N–H and O–H groups in total. The Morgan fingerprint density at radius 1 is 1.52 bits per heavy atom. The Morgan fingerprint density at radius 2 is 2.19 bits per heavy atom. The minimum Gasteiger partial charge on any atom is -0.495 e. The van der Waals surface area contributed by atoms with Crippen LogP contribution in [0.25, 0.3) is 6.08 Å². The molecule has 5 heteroatoms. The lowest BCUT2D eigenvalue weighted by atomic mass is 10.0. The van der Waals surface area contributed by atoms with Gasteiger partial charge >= 0.3 is 0 Å². The van der Waals surface area contributed by atoms with Crippen molar-refractivity contribution in [2.45, 2.75) is 6.42 Å². The van der Waals surface area contributed by atoms with Crippen molar-refractivity contribution in [3.8, 4) is 11.8 Å². The van der Waals surface area contributed by atoms with Gasteiger partial charge in [0.15, 0.2) is 0 Å². The number of rotatable bonds is 5. The van der Waals surface area contributed by atoms with Crippen molar-refractivity contribution in [2.24, 2.45) is 0 Å². The predicted molar refractivity (Wildman–Crippen MR) is 86.9 cm³/mol. The third kappa shape index (κ3) is 4.20. The Hall–Kier alpha value is -2.06. The van der Waals surface area contributed by atoms with Crippen molar-refractivity contribution < 1.29 is 9.53 Å². The predicted octanol–water partition coefficient (Wildman–Crippen LogP) is 3.18. The summed E-state index contributed by atoms with van der Waals surface area (Å²) in [5, 5.41) is 9.13. The van der Waals surface area contributed by atoms with Gasteiger partial charge in [0.25, 0.3) is 5.91 Å². The van der Waals surface area contributed by atoms with Crippen molar-refractivity contribution in [1.82, 2.24) is 4.90 Å². The van der Waals surface area contributed by atoms with E-state index in [-0.39, 0.29) is 11.5 Å². The molecule has 0 atom stereocenters. The summed E-state index contributed by atoms with van der Waals surface area (Å²) in [7, 11) is 4.82. The molecule has 0 unspecified atom stereocenters. The fourth-order valence-corrected chi connectivity index (χ4v) is 2.52. The first kappa shape index (κ1) is 17.0. The molecule has 1 aromatic rings. The molecule has 0 radical (unpaired) electrons. The molecule has 1 amide bonds. The van der Waals surface area contributed by atoms with E-state index in [4.69, 9.17) is 10.00 Å². The smallest absolute Gasteiger partial charge is 0.264 e. The minimum absolute atomic E-state index is 0.0848. The Labute approximate surface area is 133 Å². The summed E-state index contributed by atoms with van der Waals surface area (Å²) < 4.78 is 6.11. The molecule has 0 aliphatic carbocycles. The quantitative estimate of drug-likeness (QED) is 0.466. The molecule has 0 aliphatic rings. The Morgan fingerprint density at radius 3 is 2.67 bits per heavy atom. The second-order valence-corrected chi connectivity index (χ2v) is 5.41. The van der Waals surface area contributed by atoms with Crippen molar-refractivity contribution in [3.63, 3.8) is 0 Å². The normalized spacial score (nSPS) is 10.7. The third-order valence-electron chi connectivity index (χ3n) is 2.78. The molecule has 0 saturated carbocycles. The van der Waals surface area contributed by atoms with Gasteiger partial charge in [-0.05, 0) is 51.7 Å². The van der Waals surface area contributed by atoms with Gasteiger partial charge in [-0.1, -0.05) is 6.08 Å². The summed E-state index contributed by atoms with van der Waals surface area (Å²) in [5.74, 6) is 0.402. The average Bonchev–Trinajstić information content (AvgIpc) is 2.44. The number of amides is 1. The number of nitriles is 1. The maximum absolute atomic E-state index is 11.9. The van der Waals surface area contributed by atoms with Gasteiger partial charge < -0.3 is 9.64 Å². The van der Waals surface area contributed by atoms with E-state index < -0.39 is 0 Å². The van der Waals surface area contributed by atoms with Crippen LogP contribution in [0.1, 0.15) is 11.1 Å². The SMILES string of the molecule is C=CCc1cc(/C=C(/C#N)C(=O)N(C)C)cc(Br)c1OC. The Bertz CT molecular complexity index is 628. The zero-order valence-corrected chi connectivity index (χ0v) is 13.9. The van der Waals surface area contributed by atoms with Crippen LogP contribution in [0, 0.1) is 11.3 Å². The summed E-state index contributed by atoms with van der Waals surface area (Å²) in [5.41, 5.74) is 1.77. The molecule has 0 spiro atoms. The lowest BCUT2D eigenvalue weighted by Gasteiger charge is -2.12. The lowest BCUT2D eigenvalue weighted by molar-refractivity contribution is -0.124. The van der Waals surface area contributed by atoms with Gasteiger partial charge in [0.1, 0.15) is 17.4 Å². The number of carbonyl (C=O) groups excluding carboxylic acids is 1. The third-order valence-corrected chi connectivity index (χ3v) is 3.37. The summed E-state index contributed by atoms with van der Waals surface area (Å²) in [6.07, 6.45) is 3.97. The van der Waals surface area contributed by atoms with Gasteiger partial charge in [0, 0.05) is 14.1 Å². The first-order valence-electron chi connectivity index (χ1n) is 6.25. The maximum Gasteiger partial charge on any atom is 0.264 e. The molecule has 0 bridgehead atoms.